The van der Waals surface area contributed by atoms with Crippen LogP contribution in [0.5, 0.6) is 0 Å². The molecule has 0 spiro atoms. The van der Waals surface area contributed by atoms with Crippen molar-refractivity contribution in [2.24, 2.45) is 5.41 Å². The number of carboxylic acid groups (broad SMARTS) is 1. The zero-order valence-corrected chi connectivity index (χ0v) is 10.4. The maximum Gasteiger partial charge on any atom is 0.312 e. The minimum Gasteiger partial charge on any atom is -0.481 e. The average molecular weight is 245 g/mol. The average Bonchev–Trinajstić information content (AvgIpc) is 2.61. The van der Waals surface area contributed by atoms with Gasteiger partial charge in [-0.25, -0.2) is 0 Å². The molecule has 0 bridgehead atoms. The fourth-order valence-electron chi connectivity index (χ4n) is 2.97. The summed E-state index contributed by atoms with van der Waals surface area (Å²) in [5.41, 5.74) is -1.95. The van der Waals surface area contributed by atoms with Crippen molar-refractivity contribution < 1.29 is 15.0 Å². The topological polar surface area (TPSA) is 60.8 Å². The molecule has 0 aromatic carbocycles. The molecule has 5 heteroatoms. The maximum absolute atomic E-state index is 11.6. The molecule has 0 radical (unpaired) electrons. The Hall–Kier alpha value is -0.260. The third-order valence-corrected chi connectivity index (χ3v) is 5.07. The molecule has 0 saturated carbocycles. The van der Waals surface area contributed by atoms with Gasteiger partial charge in [-0.1, -0.05) is 0 Å². The van der Waals surface area contributed by atoms with Gasteiger partial charge < -0.3 is 15.1 Å². The molecule has 2 aliphatic heterocycles. The van der Waals surface area contributed by atoms with Gasteiger partial charge in [0.1, 0.15) is 0 Å². The summed E-state index contributed by atoms with van der Waals surface area (Å²) in [5, 5.41) is 20.2. The van der Waals surface area contributed by atoms with Gasteiger partial charge in [0.2, 0.25) is 0 Å². The van der Waals surface area contributed by atoms with E-state index in [0.717, 1.165) is 18.1 Å². The Morgan fingerprint density at radius 2 is 1.94 bits per heavy atom. The van der Waals surface area contributed by atoms with Gasteiger partial charge >= 0.3 is 5.97 Å². The number of nitrogens with zero attached hydrogens (tertiary/aromatic N) is 1. The van der Waals surface area contributed by atoms with Crippen LogP contribution in [0.25, 0.3) is 0 Å². The van der Waals surface area contributed by atoms with E-state index in [1.54, 1.807) is 11.8 Å². The fourth-order valence-corrected chi connectivity index (χ4v) is 4.16. The van der Waals surface area contributed by atoms with Crippen molar-refractivity contribution in [1.82, 2.24) is 4.90 Å². The molecule has 1 atom stereocenters. The summed E-state index contributed by atoms with van der Waals surface area (Å²) in [7, 11) is 1.94. The monoisotopic (exact) mass is 245 g/mol. The van der Waals surface area contributed by atoms with Crippen molar-refractivity contribution in [2.45, 2.75) is 24.9 Å². The number of likely N-dealkylation sites (tertiary alicyclic amines) is 1. The molecule has 2 rings (SSSR count). The standard InChI is InChI=1S/C11H19NO3S/c1-12-5-2-11(15,8-12)10(9(13)14)3-6-16-7-4-10/h15H,2-8H2,1H3,(H,13,14). The van der Waals surface area contributed by atoms with Crippen molar-refractivity contribution in [1.29, 1.82) is 0 Å². The summed E-state index contributed by atoms with van der Waals surface area (Å²) in [6.45, 7) is 1.28. The second-order valence-corrected chi connectivity index (χ2v) is 6.24. The van der Waals surface area contributed by atoms with Crippen molar-refractivity contribution in [3.63, 3.8) is 0 Å². The molecule has 16 heavy (non-hydrogen) atoms. The van der Waals surface area contributed by atoms with Gasteiger partial charge in [-0.15, -0.1) is 0 Å². The number of aliphatic carboxylic acids is 1. The lowest BCUT2D eigenvalue weighted by atomic mass is 9.67. The highest BCUT2D eigenvalue weighted by molar-refractivity contribution is 7.99. The number of hydrogen-bond donors (Lipinski definition) is 2. The molecule has 2 saturated heterocycles. The number of carboxylic acids is 1. The van der Waals surface area contributed by atoms with E-state index in [4.69, 9.17) is 0 Å². The Labute approximate surface area is 100 Å². The molecular weight excluding hydrogens is 226 g/mol. The van der Waals surface area contributed by atoms with Crippen LogP contribution in [0, 0.1) is 5.41 Å². The lowest BCUT2D eigenvalue weighted by molar-refractivity contribution is -0.169. The minimum atomic E-state index is -1.03. The predicted octanol–water partition coefficient (Wildman–Crippen LogP) is 0.651. The Morgan fingerprint density at radius 1 is 1.31 bits per heavy atom. The molecular formula is C11H19NO3S. The quantitative estimate of drug-likeness (QED) is 0.748. The highest BCUT2D eigenvalue weighted by Gasteiger charge is 2.58. The van der Waals surface area contributed by atoms with Crippen molar-refractivity contribution in [2.75, 3.05) is 31.6 Å². The van der Waals surface area contributed by atoms with Crippen LogP contribution in [0.3, 0.4) is 0 Å². The lowest BCUT2D eigenvalue weighted by Gasteiger charge is -2.44. The first-order chi connectivity index (χ1) is 7.50. The van der Waals surface area contributed by atoms with Gasteiger partial charge in [0.05, 0.1) is 11.0 Å². The summed E-state index contributed by atoms with van der Waals surface area (Å²) < 4.78 is 0. The Morgan fingerprint density at radius 3 is 2.38 bits per heavy atom. The molecule has 1 unspecified atom stereocenters. The summed E-state index contributed by atoms with van der Waals surface area (Å²) in [6, 6.07) is 0. The van der Waals surface area contributed by atoms with E-state index in [-0.39, 0.29) is 0 Å². The van der Waals surface area contributed by atoms with E-state index in [1.165, 1.54) is 0 Å². The number of hydrogen-bond acceptors (Lipinski definition) is 4. The number of likely N-dealkylation sites (N-methyl/N-ethyl adjacent to an activating group) is 1. The molecule has 0 amide bonds. The molecule has 2 fully saturated rings. The van der Waals surface area contributed by atoms with Crippen molar-refractivity contribution >= 4 is 17.7 Å². The van der Waals surface area contributed by atoms with Crippen LogP contribution in [0.4, 0.5) is 0 Å². The van der Waals surface area contributed by atoms with E-state index in [1.807, 2.05) is 11.9 Å². The fraction of sp³-hybridized carbons (Fsp3) is 0.909. The molecule has 0 aromatic heterocycles. The normalized spacial score (nSPS) is 35.1. The smallest absolute Gasteiger partial charge is 0.312 e. The third kappa shape index (κ3) is 1.75. The first-order valence-electron chi connectivity index (χ1n) is 5.72. The minimum absolute atomic E-state index is 0.490. The molecule has 4 nitrogen and oxygen atoms in total. The number of rotatable bonds is 2. The molecule has 0 aliphatic carbocycles. The number of carbonyl (C=O) groups is 1. The second kappa shape index (κ2) is 4.20. The zero-order valence-electron chi connectivity index (χ0n) is 9.61. The Balaban J connectivity index is 2.28. The molecule has 0 aromatic rings. The summed E-state index contributed by atoms with van der Waals surface area (Å²) >= 11 is 1.78. The zero-order chi connectivity index (χ0) is 11.8. The first-order valence-corrected chi connectivity index (χ1v) is 6.88. The maximum atomic E-state index is 11.6. The van der Waals surface area contributed by atoms with Gasteiger partial charge in [0, 0.05) is 13.1 Å². The van der Waals surface area contributed by atoms with Crippen LogP contribution in [0.15, 0.2) is 0 Å². The number of aliphatic hydroxyl groups is 1. The van der Waals surface area contributed by atoms with E-state index >= 15 is 0 Å². The van der Waals surface area contributed by atoms with Crippen LogP contribution in [0.1, 0.15) is 19.3 Å². The van der Waals surface area contributed by atoms with Gasteiger partial charge in [0.25, 0.3) is 0 Å². The van der Waals surface area contributed by atoms with Crippen LogP contribution in [0.2, 0.25) is 0 Å². The van der Waals surface area contributed by atoms with Crippen LogP contribution < -0.4 is 0 Å². The van der Waals surface area contributed by atoms with E-state index in [9.17, 15) is 15.0 Å². The number of β-amino-alcohol motifs (C(OH)–C–C–N with tert-alkyl or cyclic N) is 1. The first kappa shape index (κ1) is 12.2. The molecule has 2 aliphatic rings. The molecule has 92 valence electrons. The van der Waals surface area contributed by atoms with Gasteiger partial charge in [0.15, 0.2) is 0 Å². The van der Waals surface area contributed by atoms with Crippen LogP contribution >= 0.6 is 11.8 Å². The Bertz CT molecular complexity index is 291. The highest BCUT2D eigenvalue weighted by atomic mass is 32.2. The largest absolute Gasteiger partial charge is 0.481 e. The third-order valence-electron chi connectivity index (χ3n) is 4.09. The van der Waals surface area contributed by atoms with Gasteiger partial charge in [-0.2, -0.15) is 11.8 Å². The van der Waals surface area contributed by atoms with Crippen LogP contribution in [-0.4, -0.2) is 58.3 Å². The molecule has 2 N–H and O–H groups in total. The summed E-state index contributed by atoms with van der Waals surface area (Å²) in [6.07, 6.45) is 1.77. The SMILES string of the molecule is CN1CCC(O)(C2(C(=O)O)CCSCC2)C1. The Kier molecular flexibility index (Phi) is 3.20. The predicted molar refractivity (Wildman–Crippen MR) is 63.7 cm³/mol. The van der Waals surface area contributed by atoms with Crippen molar-refractivity contribution in [3.8, 4) is 0 Å². The van der Waals surface area contributed by atoms with Crippen LogP contribution in [-0.2, 0) is 4.79 Å². The second-order valence-electron chi connectivity index (χ2n) is 5.02. The summed E-state index contributed by atoms with van der Waals surface area (Å²) in [5.74, 6) is 0.877. The highest BCUT2D eigenvalue weighted by Crippen LogP contribution is 2.47. The van der Waals surface area contributed by atoms with Gasteiger partial charge in [-0.3, -0.25) is 4.79 Å². The lowest BCUT2D eigenvalue weighted by Crippen LogP contribution is -2.56. The number of thioether (sulfide) groups is 1. The van der Waals surface area contributed by atoms with E-state index in [2.05, 4.69) is 0 Å². The van der Waals surface area contributed by atoms with Gasteiger partial charge in [-0.05, 0) is 37.8 Å². The summed E-state index contributed by atoms with van der Waals surface area (Å²) in [4.78, 5) is 13.6. The molecule has 2 heterocycles. The van der Waals surface area contributed by atoms with E-state index < -0.39 is 17.0 Å². The van der Waals surface area contributed by atoms with Crippen molar-refractivity contribution in [3.05, 3.63) is 0 Å². The van der Waals surface area contributed by atoms with E-state index in [0.29, 0.717) is 25.8 Å².